The summed E-state index contributed by atoms with van der Waals surface area (Å²) in [6.45, 7) is 7.39. The zero-order valence-electron chi connectivity index (χ0n) is 17.2. The average molecular weight is 419 g/mol. The fourth-order valence-corrected chi connectivity index (χ4v) is 5.17. The molecule has 1 saturated heterocycles. The van der Waals surface area contributed by atoms with Gasteiger partial charge in [0, 0.05) is 18.7 Å². The predicted molar refractivity (Wildman–Crippen MR) is 110 cm³/mol. The maximum Gasteiger partial charge on any atom is 0.230 e. The summed E-state index contributed by atoms with van der Waals surface area (Å²) in [6.07, 6.45) is 0.147. The van der Waals surface area contributed by atoms with Crippen molar-refractivity contribution in [2.45, 2.75) is 39.0 Å². The first-order chi connectivity index (χ1) is 13.9. The van der Waals surface area contributed by atoms with Crippen LogP contribution in [0.2, 0.25) is 0 Å². The second-order valence-electron chi connectivity index (χ2n) is 7.36. The summed E-state index contributed by atoms with van der Waals surface area (Å²) in [5.41, 5.74) is 0.921. The van der Waals surface area contributed by atoms with Crippen molar-refractivity contribution in [2.24, 2.45) is 0 Å². The summed E-state index contributed by atoms with van der Waals surface area (Å²) in [5, 5.41) is 15.4. The molecular weight excluding hydrogens is 392 g/mol. The number of methoxy groups -OCH3 is 2. The molecule has 1 aromatic carbocycles. The molecule has 0 saturated carbocycles. The van der Waals surface area contributed by atoms with Crippen molar-refractivity contribution in [3.8, 4) is 17.4 Å². The van der Waals surface area contributed by atoms with Crippen LogP contribution in [-0.2, 0) is 4.74 Å². The molecule has 3 heterocycles. The van der Waals surface area contributed by atoms with Crippen LogP contribution >= 0.6 is 11.3 Å². The fourth-order valence-electron chi connectivity index (χ4n) is 4.01. The molecule has 1 aliphatic rings. The summed E-state index contributed by atoms with van der Waals surface area (Å²) in [7, 11) is 3.29. The first-order valence-corrected chi connectivity index (χ1v) is 10.4. The molecule has 0 aliphatic carbocycles. The number of rotatable bonds is 5. The molecule has 0 radical (unpaired) electrons. The highest BCUT2D eigenvalue weighted by Gasteiger charge is 2.35. The van der Waals surface area contributed by atoms with Crippen LogP contribution in [-0.4, -0.2) is 64.1 Å². The second kappa shape index (κ2) is 7.81. The minimum Gasteiger partial charge on any atom is -0.497 e. The van der Waals surface area contributed by atoms with Crippen molar-refractivity contribution in [1.29, 1.82) is 0 Å². The van der Waals surface area contributed by atoms with E-state index < -0.39 is 0 Å². The maximum atomic E-state index is 11.0. The Bertz CT molecular complexity index is 1010. The molecule has 2 aromatic heterocycles. The van der Waals surface area contributed by atoms with Crippen molar-refractivity contribution in [1.82, 2.24) is 19.5 Å². The van der Waals surface area contributed by atoms with Crippen molar-refractivity contribution < 1.29 is 19.3 Å². The van der Waals surface area contributed by atoms with Gasteiger partial charge in [-0.2, -0.15) is 4.52 Å². The third kappa shape index (κ3) is 3.65. The Labute approximate surface area is 173 Å². The summed E-state index contributed by atoms with van der Waals surface area (Å²) in [4.78, 5) is 8.18. The maximum absolute atomic E-state index is 11.0. The Kier molecular flexibility index (Phi) is 5.37. The molecule has 1 aliphatic heterocycles. The molecule has 8 nitrogen and oxygen atoms in total. The van der Waals surface area contributed by atoms with Crippen molar-refractivity contribution >= 4 is 16.3 Å². The molecular formula is C20H26N4O4S. The number of aromatic hydroxyl groups is 1. The summed E-state index contributed by atoms with van der Waals surface area (Å²) >= 11 is 1.44. The Morgan fingerprint density at radius 3 is 2.55 bits per heavy atom. The number of ether oxygens (including phenoxy) is 3. The van der Waals surface area contributed by atoms with E-state index in [4.69, 9.17) is 14.2 Å². The topological polar surface area (TPSA) is 81.4 Å². The van der Waals surface area contributed by atoms with E-state index in [0.717, 1.165) is 35.0 Å². The Morgan fingerprint density at radius 1 is 1.21 bits per heavy atom. The number of fused-ring (bicyclic) bond motifs is 1. The number of morpholine rings is 1. The van der Waals surface area contributed by atoms with Gasteiger partial charge < -0.3 is 19.3 Å². The molecule has 0 amide bonds. The third-order valence-corrected chi connectivity index (χ3v) is 6.17. The number of hydrogen-bond acceptors (Lipinski definition) is 8. The van der Waals surface area contributed by atoms with E-state index in [-0.39, 0.29) is 24.1 Å². The Morgan fingerprint density at radius 2 is 1.93 bits per heavy atom. The van der Waals surface area contributed by atoms with Gasteiger partial charge in [0.15, 0.2) is 0 Å². The average Bonchev–Trinajstić information content (AvgIpc) is 3.18. The van der Waals surface area contributed by atoms with Crippen molar-refractivity contribution in [2.75, 3.05) is 27.3 Å². The monoisotopic (exact) mass is 418 g/mol. The van der Waals surface area contributed by atoms with E-state index in [2.05, 4.69) is 28.8 Å². The van der Waals surface area contributed by atoms with Gasteiger partial charge in [0.2, 0.25) is 10.8 Å². The van der Waals surface area contributed by atoms with E-state index in [1.165, 1.54) is 15.9 Å². The van der Waals surface area contributed by atoms with Gasteiger partial charge in [-0.05, 0) is 39.0 Å². The highest BCUT2D eigenvalue weighted by Crippen LogP contribution is 2.44. The standard InChI is InChI=1S/C20H26N4O4S/c1-11-9-23(10-12(2)28-11)17(15-8-14(26-4)6-7-16(15)27-5)18-19(25)24-20(29-18)21-13(3)22-24/h6-8,11-12,17,25H,9-10H2,1-5H3/t11-,12-,17+/m1/s1. The van der Waals surface area contributed by atoms with Gasteiger partial charge in [0.1, 0.15) is 17.3 Å². The molecule has 29 heavy (non-hydrogen) atoms. The van der Waals surface area contributed by atoms with E-state index in [1.807, 2.05) is 25.1 Å². The minimum atomic E-state index is -0.248. The normalized spacial score (nSPS) is 21.4. The third-order valence-electron chi connectivity index (χ3n) is 5.10. The van der Waals surface area contributed by atoms with Crippen molar-refractivity contribution in [3.05, 3.63) is 34.5 Å². The first-order valence-electron chi connectivity index (χ1n) is 9.57. The van der Waals surface area contributed by atoms with Gasteiger partial charge in [-0.3, -0.25) is 4.90 Å². The molecule has 0 spiro atoms. The molecule has 3 atom stereocenters. The summed E-state index contributed by atoms with van der Waals surface area (Å²) < 4.78 is 18.6. The van der Waals surface area contributed by atoms with Crippen molar-refractivity contribution in [3.63, 3.8) is 0 Å². The molecule has 156 valence electrons. The molecule has 4 rings (SSSR count). The van der Waals surface area contributed by atoms with Crippen LogP contribution in [0.4, 0.5) is 0 Å². The van der Waals surface area contributed by atoms with E-state index >= 15 is 0 Å². The summed E-state index contributed by atoms with van der Waals surface area (Å²) in [5.74, 6) is 2.20. The highest BCUT2D eigenvalue weighted by atomic mass is 32.1. The lowest BCUT2D eigenvalue weighted by Gasteiger charge is -2.40. The molecule has 0 bridgehead atoms. The largest absolute Gasteiger partial charge is 0.497 e. The van der Waals surface area contributed by atoms with E-state index in [1.54, 1.807) is 14.2 Å². The Hall–Kier alpha value is -2.36. The van der Waals surface area contributed by atoms with Gasteiger partial charge >= 0.3 is 0 Å². The van der Waals surface area contributed by atoms with Gasteiger partial charge in [-0.25, -0.2) is 4.98 Å². The second-order valence-corrected chi connectivity index (χ2v) is 8.37. The lowest BCUT2D eigenvalue weighted by atomic mass is 10.00. The number of aromatic nitrogens is 3. The zero-order valence-corrected chi connectivity index (χ0v) is 18.1. The number of benzene rings is 1. The van der Waals surface area contributed by atoms with Gasteiger partial charge in [0.25, 0.3) is 0 Å². The molecule has 1 fully saturated rings. The van der Waals surface area contributed by atoms with Crippen LogP contribution in [0.1, 0.15) is 36.2 Å². The van der Waals surface area contributed by atoms with Crippen LogP contribution in [0.25, 0.3) is 4.96 Å². The Balaban J connectivity index is 1.90. The van der Waals surface area contributed by atoms with Crippen LogP contribution in [0.15, 0.2) is 18.2 Å². The minimum absolute atomic E-state index is 0.0735. The van der Waals surface area contributed by atoms with Gasteiger partial charge in [-0.15, -0.1) is 5.10 Å². The van der Waals surface area contributed by atoms with E-state index in [0.29, 0.717) is 10.8 Å². The number of hydrogen-bond donors (Lipinski definition) is 1. The molecule has 9 heteroatoms. The van der Waals surface area contributed by atoms with Crippen LogP contribution in [0, 0.1) is 6.92 Å². The van der Waals surface area contributed by atoms with Gasteiger partial charge in [-0.1, -0.05) is 11.3 Å². The predicted octanol–water partition coefficient (Wildman–Crippen LogP) is 3.02. The first kappa shape index (κ1) is 19.9. The number of thiazole rings is 1. The number of nitrogens with zero attached hydrogens (tertiary/aromatic N) is 4. The van der Waals surface area contributed by atoms with Crippen LogP contribution in [0.5, 0.6) is 17.4 Å². The van der Waals surface area contributed by atoms with Crippen LogP contribution < -0.4 is 9.47 Å². The quantitative estimate of drug-likeness (QED) is 0.682. The lowest BCUT2D eigenvalue weighted by molar-refractivity contribution is -0.0765. The molecule has 0 unspecified atom stereocenters. The fraction of sp³-hybridized carbons (Fsp3) is 0.500. The SMILES string of the molecule is COc1ccc(OC)c([C@@H](c2sc3nc(C)nn3c2O)N2C[C@@H](C)O[C@H](C)C2)c1. The smallest absolute Gasteiger partial charge is 0.230 e. The van der Waals surface area contributed by atoms with Crippen LogP contribution in [0.3, 0.4) is 0 Å². The molecule has 3 aromatic rings. The van der Waals surface area contributed by atoms with Gasteiger partial charge in [0.05, 0.1) is 37.3 Å². The summed E-state index contributed by atoms with van der Waals surface area (Å²) in [6, 6.07) is 5.49. The molecule has 1 N–H and O–H groups in total. The lowest BCUT2D eigenvalue weighted by Crippen LogP contribution is -2.47. The van der Waals surface area contributed by atoms with E-state index in [9.17, 15) is 5.11 Å². The highest BCUT2D eigenvalue weighted by molar-refractivity contribution is 7.17. The number of aryl methyl sites for hydroxylation is 1. The zero-order chi connectivity index (χ0) is 20.7.